The van der Waals surface area contributed by atoms with Gasteiger partial charge in [0, 0.05) is 12.8 Å². The first kappa shape index (κ1) is 21.1. The molecule has 1 nitrogen and oxygen atoms in total. The van der Waals surface area contributed by atoms with Gasteiger partial charge in [0.05, 0.1) is 0 Å². The highest BCUT2D eigenvalue weighted by atomic mass is 16.1. The number of Topliss-reactive ketones (excluding diaryl/α,β-unsaturated/α-hetero) is 1. The number of hydrogen-bond acceptors (Lipinski definition) is 1. The van der Waals surface area contributed by atoms with E-state index in [-0.39, 0.29) is 0 Å². The minimum absolute atomic E-state index is 0.336. The molecule has 0 bridgehead atoms. The zero-order chi connectivity index (χ0) is 16.3. The molecule has 0 N–H and O–H groups in total. The standard InChI is InChI=1S/C21H38O/c1-3-5-7-9-11-12-13-14-16-18-20-21(22)19-17-15-10-8-6-4-2/h15-18H,3-14,19-20H2,1-2H3/b17-15-,18-16+. The van der Waals surface area contributed by atoms with E-state index in [2.05, 4.69) is 32.1 Å². The third kappa shape index (κ3) is 17.2. The quantitative estimate of drug-likeness (QED) is 0.218. The lowest BCUT2D eigenvalue weighted by molar-refractivity contribution is -0.117. The Hall–Kier alpha value is -0.850. The van der Waals surface area contributed by atoms with Gasteiger partial charge in [0.15, 0.2) is 0 Å². The van der Waals surface area contributed by atoms with Crippen molar-refractivity contribution in [3.05, 3.63) is 24.3 Å². The second kappa shape index (κ2) is 18.2. The topological polar surface area (TPSA) is 17.1 Å². The second-order valence-electron chi connectivity index (χ2n) is 6.30. The molecule has 0 aromatic heterocycles. The molecule has 0 aromatic carbocycles. The minimum atomic E-state index is 0.336. The van der Waals surface area contributed by atoms with E-state index in [4.69, 9.17) is 0 Å². The SMILES string of the molecule is CCCCC/C=C\CC(=O)C/C=C/CCCCCCCCC. The zero-order valence-corrected chi connectivity index (χ0v) is 15.1. The van der Waals surface area contributed by atoms with Crippen LogP contribution in [0.3, 0.4) is 0 Å². The maximum Gasteiger partial charge on any atom is 0.140 e. The Labute approximate surface area is 139 Å². The van der Waals surface area contributed by atoms with Crippen LogP contribution in [0.1, 0.15) is 104 Å². The van der Waals surface area contributed by atoms with Gasteiger partial charge in [-0.05, 0) is 25.7 Å². The van der Waals surface area contributed by atoms with Crippen LogP contribution < -0.4 is 0 Å². The monoisotopic (exact) mass is 306 g/mol. The molecule has 22 heavy (non-hydrogen) atoms. The highest BCUT2D eigenvalue weighted by Crippen LogP contribution is 2.09. The van der Waals surface area contributed by atoms with E-state index in [0.29, 0.717) is 18.6 Å². The molecule has 0 radical (unpaired) electrons. The molecular weight excluding hydrogens is 268 g/mol. The van der Waals surface area contributed by atoms with E-state index in [9.17, 15) is 4.79 Å². The molecule has 0 rings (SSSR count). The molecule has 0 unspecified atom stereocenters. The predicted octanol–water partition coefficient (Wildman–Crippen LogP) is 7.17. The molecule has 0 spiro atoms. The fourth-order valence-electron chi connectivity index (χ4n) is 2.48. The molecule has 1 heteroatoms. The Morgan fingerprint density at radius 3 is 1.55 bits per heavy atom. The largest absolute Gasteiger partial charge is 0.299 e. The lowest BCUT2D eigenvalue weighted by atomic mass is 10.1. The third-order valence-electron chi connectivity index (χ3n) is 3.97. The molecule has 0 fully saturated rings. The van der Waals surface area contributed by atoms with Crippen LogP contribution in [0.5, 0.6) is 0 Å². The van der Waals surface area contributed by atoms with E-state index in [1.807, 2.05) is 6.08 Å². The van der Waals surface area contributed by atoms with Gasteiger partial charge >= 0.3 is 0 Å². The summed E-state index contributed by atoms with van der Waals surface area (Å²) in [5, 5.41) is 0. The minimum Gasteiger partial charge on any atom is -0.299 e. The zero-order valence-electron chi connectivity index (χ0n) is 15.1. The van der Waals surface area contributed by atoms with Crippen molar-refractivity contribution in [2.75, 3.05) is 0 Å². The van der Waals surface area contributed by atoms with Crippen LogP contribution in [0.2, 0.25) is 0 Å². The van der Waals surface area contributed by atoms with E-state index in [1.165, 1.54) is 64.2 Å². The molecule has 0 aromatic rings. The Kier molecular flexibility index (Phi) is 17.5. The van der Waals surface area contributed by atoms with Crippen LogP contribution in [-0.4, -0.2) is 5.78 Å². The maximum atomic E-state index is 11.7. The molecule has 0 heterocycles. The van der Waals surface area contributed by atoms with E-state index < -0.39 is 0 Å². The van der Waals surface area contributed by atoms with Crippen LogP contribution in [0.25, 0.3) is 0 Å². The van der Waals surface area contributed by atoms with Gasteiger partial charge in [-0.2, -0.15) is 0 Å². The number of carbonyl (C=O) groups is 1. The summed E-state index contributed by atoms with van der Waals surface area (Å²) in [7, 11) is 0. The van der Waals surface area contributed by atoms with Crippen LogP contribution in [0.4, 0.5) is 0 Å². The Balaban J connectivity index is 3.35. The first-order valence-electron chi connectivity index (χ1n) is 9.63. The van der Waals surface area contributed by atoms with Gasteiger partial charge in [-0.15, -0.1) is 0 Å². The van der Waals surface area contributed by atoms with Crippen LogP contribution in [0.15, 0.2) is 24.3 Å². The number of ketones is 1. The van der Waals surface area contributed by atoms with Gasteiger partial charge in [0.2, 0.25) is 0 Å². The summed E-state index contributed by atoms with van der Waals surface area (Å²) in [6.45, 7) is 4.47. The molecular formula is C21H38O. The summed E-state index contributed by atoms with van der Waals surface area (Å²) >= 11 is 0. The summed E-state index contributed by atoms with van der Waals surface area (Å²) in [5.41, 5.74) is 0. The fraction of sp³-hybridized carbons (Fsp3) is 0.762. The van der Waals surface area contributed by atoms with Crippen molar-refractivity contribution in [1.82, 2.24) is 0 Å². The molecule has 128 valence electrons. The number of rotatable bonds is 16. The van der Waals surface area contributed by atoms with Gasteiger partial charge < -0.3 is 0 Å². The lowest BCUT2D eigenvalue weighted by Crippen LogP contribution is -1.92. The summed E-state index contributed by atoms with van der Waals surface area (Å²) in [4.78, 5) is 11.7. The predicted molar refractivity (Wildman–Crippen MR) is 99.3 cm³/mol. The average Bonchev–Trinajstić information content (AvgIpc) is 2.52. The van der Waals surface area contributed by atoms with Gasteiger partial charge in [0.1, 0.15) is 5.78 Å². The molecule has 0 aliphatic heterocycles. The number of hydrogen-bond donors (Lipinski definition) is 0. The molecule has 0 atom stereocenters. The van der Waals surface area contributed by atoms with Gasteiger partial charge in [0.25, 0.3) is 0 Å². The fourth-order valence-corrected chi connectivity index (χ4v) is 2.48. The lowest BCUT2D eigenvalue weighted by Gasteiger charge is -1.98. The second-order valence-corrected chi connectivity index (χ2v) is 6.30. The highest BCUT2D eigenvalue weighted by molar-refractivity contribution is 5.81. The average molecular weight is 307 g/mol. The molecule has 0 aliphatic carbocycles. The first-order chi connectivity index (χ1) is 10.8. The van der Waals surface area contributed by atoms with Crippen LogP contribution in [-0.2, 0) is 4.79 Å². The third-order valence-corrected chi connectivity index (χ3v) is 3.97. The van der Waals surface area contributed by atoms with Crippen molar-refractivity contribution < 1.29 is 4.79 Å². The Bertz CT molecular complexity index is 288. The molecule has 0 saturated carbocycles. The molecule has 0 saturated heterocycles. The Morgan fingerprint density at radius 2 is 1.00 bits per heavy atom. The van der Waals surface area contributed by atoms with Crippen LogP contribution >= 0.6 is 0 Å². The number of carbonyl (C=O) groups excluding carboxylic acids is 1. The van der Waals surface area contributed by atoms with Gasteiger partial charge in [-0.25, -0.2) is 0 Å². The summed E-state index contributed by atoms with van der Waals surface area (Å²) in [6, 6.07) is 0. The van der Waals surface area contributed by atoms with Crippen LogP contribution in [0, 0.1) is 0 Å². The van der Waals surface area contributed by atoms with Gasteiger partial charge in [-0.1, -0.05) is 89.5 Å². The number of allylic oxidation sites excluding steroid dienone is 4. The Morgan fingerprint density at radius 1 is 0.591 bits per heavy atom. The number of unbranched alkanes of at least 4 members (excludes halogenated alkanes) is 10. The van der Waals surface area contributed by atoms with Crippen molar-refractivity contribution in [2.45, 2.75) is 104 Å². The summed E-state index contributed by atoms with van der Waals surface area (Å²) in [6.07, 6.45) is 25.2. The normalized spacial score (nSPS) is 11.7. The van der Waals surface area contributed by atoms with E-state index in [1.54, 1.807) is 0 Å². The van der Waals surface area contributed by atoms with Crippen molar-refractivity contribution in [2.24, 2.45) is 0 Å². The highest BCUT2D eigenvalue weighted by Gasteiger charge is 1.95. The van der Waals surface area contributed by atoms with E-state index >= 15 is 0 Å². The van der Waals surface area contributed by atoms with Crippen molar-refractivity contribution in [3.63, 3.8) is 0 Å². The molecule has 0 aliphatic rings. The maximum absolute atomic E-state index is 11.7. The van der Waals surface area contributed by atoms with Crippen molar-refractivity contribution >= 4 is 5.78 Å². The van der Waals surface area contributed by atoms with Crippen molar-refractivity contribution in [1.29, 1.82) is 0 Å². The van der Waals surface area contributed by atoms with Crippen molar-refractivity contribution in [3.8, 4) is 0 Å². The smallest absolute Gasteiger partial charge is 0.140 e. The first-order valence-corrected chi connectivity index (χ1v) is 9.63. The summed E-state index contributed by atoms with van der Waals surface area (Å²) in [5.74, 6) is 0.336. The molecule has 0 amide bonds. The summed E-state index contributed by atoms with van der Waals surface area (Å²) < 4.78 is 0. The van der Waals surface area contributed by atoms with Gasteiger partial charge in [-0.3, -0.25) is 4.79 Å². The van der Waals surface area contributed by atoms with E-state index in [0.717, 1.165) is 12.8 Å².